The third kappa shape index (κ3) is 4.07. The molecule has 0 saturated carbocycles. The van der Waals surface area contributed by atoms with Gasteiger partial charge in [-0.05, 0) is 25.1 Å². The van der Waals surface area contributed by atoms with Gasteiger partial charge >= 0.3 is 0 Å². The van der Waals surface area contributed by atoms with Crippen LogP contribution in [0, 0.1) is 0 Å². The molecular formula is C13H17NO. The molecule has 1 atom stereocenters. The molecule has 0 saturated heterocycles. The molecule has 0 aliphatic rings. The third-order valence-electron chi connectivity index (χ3n) is 2.21. The van der Waals surface area contributed by atoms with E-state index in [4.69, 9.17) is 0 Å². The van der Waals surface area contributed by atoms with Crippen molar-refractivity contribution in [3.05, 3.63) is 35.9 Å². The van der Waals surface area contributed by atoms with E-state index in [-0.39, 0.29) is 11.8 Å². The van der Waals surface area contributed by atoms with Gasteiger partial charge in [0, 0.05) is 6.42 Å². The van der Waals surface area contributed by atoms with Gasteiger partial charge in [-0.15, -0.1) is 0 Å². The molecule has 0 N–H and O–H groups in total. The van der Waals surface area contributed by atoms with Crippen molar-refractivity contribution in [2.24, 2.45) is 4.99 Å². The van der Waals surface area contributed by atoms with Crippen LogP contribution >= 0.6 is 0 Å². The first-order chi connectivity index (χ1) is 7.24. The highest BCUT2D eigenvalue weighted by atomic mass is 16.1. The summed E-state index contributed by atoms with van der Waals surface area (Å²) >= 11 is 0. The molecule has 0 spiro atoms. The van der Waals surface area contributed by atoms with E-state index >= 15 is 0 Å². The van der Waals surface area contributed by atoms with E-state index in [1.54, 1.807) is 6.92 Å². The van der Waals surface area contributed by atoms with Crippen LogP contribution in [0.2, 0.25) is 0 Å². The van der Waals surface area contributed by atoms with Crippen molar-refractivity contribution >= 4 is 12.0 Å². The summed E-state index contributed by atoms with van der Waals surface area (Å²) in [5.41, 5.74) is 1.16. The van der Waals surface area contributed by atoms with Crippen molar-refractivity contribution in [3.63, 3.8) is 0 Å². The van der Waals surface area contributed by atoms with Crippen LogP contribution in [0.5, 0.6) is 0 Å². The monoisotopic (exact) mass is 203 g/mol. The molecule has 0 heterocycles. The van der Waals surface area contributed by atoms with Crippen molar-refractivity contribution in [1.29, 1.82) is 0 Å². The van der Waals surface area contributed by atoms with Gasteiger partial charge in [0.1, 0.15) is 6.04 Å². The number of rotatable bonds is 5. The molecule has 2 nitrogen and oxygen atoms in total. The molecule has 1 aromatic carbocycles. The molecule has 1 unspecified atom stereocenters. The minimum Gasteiger partial charge on any atom is -0.298 e. The molecule has 1 aromatic rings. The lowest BCUT2D eigenvalue weighted by Gasteiger charge is -2.08. The van der Waals surface area contributed by atoms with Gasteiger partial charge in [0.05, 0.1) is 0 Å². The summed E-state index contributed by atoms with van der Waals surface area (Å²) in [7, 11) is 0. The van der Waals surface area contributed by atoms with Crippen LogP contribution in [-0.2, 0) is 11.2 Å². The SMILES string of the molecule is CCC=NC(Cc1ccccc1)C(C)=O. The van der Waals surface area contributed by atoms with Crippen molar-refractivity contribution in [3.8, 4) is 0 Å². The highest BCUT2D eigenvalue weighted by molar-refractivity contribution is 5.83. The van der Waals surface area contributed by atoms with E-state index in [2.05, 4.69) is 4.99 Å². The Morgan fingerprint density at radius 3 is 2.60 bits per heavy atom. The van der Waals surface area contributed by atoms with Crippen LogP contribution in [0.25, 0.3) is 0 Å². The molecule has 80 valence electrons. The number of carbonyl (C=O) groups excluding carboxylic acids is 1. The number of ketones is 1. The van der Waals surface area contributed by atoms with Gasteiger partial charge in [-0.3, -0.25) is 9.79 Å². The summed E-state index contributed by atoms with van der Waals surface area (Å²) in [6.07, 6.45) is 3.39. The Morgan fingerprint density at radius 2 is 2.07 bits per heavy atom. The van der Waals surface area contributed by atoms with Crippen LogP contribution in [0.1, 0.15) is 25.8 Å². The number of hydrogen-bond donors (Lipinski definition) is 0. The zero-order chi connectivity index (χ0) is 11.1. The zero-order valence-corrected chi connectivity index (χ0v) is 9.31. The highest BCUT2D eigenvalue weighted by Gasteiger charge is 2.11. The van der Waals surface area contributed by atoms with Crippen molar-refractivity contribution in [2.45, 2.75) is 32.7 Å². The van der Waals surface area contributed by atoms with Crippen LogP contribution in [0.15, 0.2) is 35.3 Å². The average molecular weight is 203 g/mol. The topological polar surface area (TPSA) is 29.4 Å². The predicted molar refractivity (Wildman–Crippen MR) is 63.4 cm³/mol. The molecule has 0 fully saturated rings. The highest BCUT2D eigenvalue weighted by Crippen LogP contribution is 2.06. The quantitative estimate of drug-likeness (QED) is 0.676. The number of aliphatic imine (C=N–C) groups is 1. The molecule has 0 aromatic heterocycles. The summed E-state index contributed by atoms with van der Waals surface area (Å²) in [5.74, 6) is 0.128. The van der Waals surface area contributed by atoms with E-state index < -0.39 is 0 Å². The molecule has 0 bridgehead atoms. The second-order valence-electron chi connectivity index (χ2n) is 3.56. The Bertz CT molecular complexity index is 330. The van der Waals surface area contributed by atoms with E-state index in [0.29, 0.717) is 6.42 Å². The second-order valence-corrected chi connectivity index (χ2v) is 3.56. The lowest BCUT2D eigenvalue weighted by Crippen LogP contribution is -2.18. The van der Waals surface area contributed by atoms with Gasteiger partial charge in [-0.2, -0.15) is 0 Å². The first-order valence-corrected chi connectivity index (χ1v) is 5.30. The molecule has 0 radical (unpaired) electrons. The number of carbonyl (C=O) groups is 1. The van der Waals surface area contributed by atoms with Gasteiger partial charge in [-0.25, -0.2) is 0 Å². The van der Waals surface area contributed by atoms with Gasteiger partial charge < -0.3 is 0 Å². The molecular weight excluding hydrogens is 186 g/mol. The fourth-order valence-electron chi connectivity index (χ4n) is 1.37. The first kappa shape index (κ1) is 11.6. The molecule has 0 amide bonds. The molecule has 15 heavy (non-hydrogen) atoms. The summed E-state index contributed by atoms with van der Waals surface area (Å²) in [6, 6.07) is 9.77. The van der Waals surface area contributed by atoms with Crippen molar-refractivity contribution in [2.75, 3.05) is 0 Å². The fraction of sp³-hybridized carbons (Fsp3) is 0.385. The van der Waals surface area contributed by atoms with Crippen LogP contribution in [-0.4, -0.2) is 18.0 Å². The third-order valence-corrected chi connectivity index (χ3v) is 2.21. The lowest BCUT2D eigenvalue weighted by atomic mass is 10.0. The summed E-state index contributed by atoms with van der Waals surface area (Å²) < 4.78 is 0. The van der Waals surface area contributed by atoms with Crippen LogP contribution in [0.3, 0.4) is 0 Å². The Kier molecular flexibility index (Phi) is 4.75. The summed E-state index contributed by atoms with van der Waals surface area (Å²) in [6.45, 7) is 3.61. The van der Waals surface area contributed by atoms with Gasteiger partial charge in [0.25, 0.3) is 0 Å². The Hall–Kier alpha value is -1.44. The summed E-state index contributed by atoms with van der Waals surface area (Å²) in [4.78, 5) is 15.6. The van der Waals surface area contributed by atoms with Gasteiger partial charge in [-0.1, -0.05) is 37.3 Å². The Morgan fingerprint density at radius 1 is 1.40 bits per heavy atom. The van der Waals surface area contributed by atoms with Crippen molar-refractivity contribution in [1.82, 2.24) is 0 Å². The van der Waals surface area contributed by atoms with Crippen LogP contribution < -0.4 is 0 Å². The van der Waals surface area contributed by atoms with E-state index in [0.717, 1.165) is 12.0 Å². The standard InChI is InChI=1S/C13H17NO/c1-3-9-14-13(11(2)15)10-12-7-5-4-6-8-12/h4-9,13H,3,10H2,1-2H3. The smallest absolute Gasteiger partial charge is 0.154 e. The lowest BCUT2D eigenvalue weighted by molar-refractivity contribution is -0.118. The normalized spacial score (nSPS) is 12.9. The molecule has 1 rings (SSSR count). The minimum absolute atomic E-state index is 0.128. The van der Waals surface area contributed by atoms with Crippen LogP contribution in [0.4, 0.5) is 0 Å². The number of benzene rings is 1. The average Bonchev–Trinajstić information content (AvgIpc) is 2.25. The number of Topliss-reactive ketones (excluding diaryl/α,β-unsaturated/α-hetero) is 1. The Balaban J connectivity index is 2.67. The minimum atomic E-state index is -0.215. The maximum absolute atomic E-state index is 11.3. The molecule has 0 aliphatic heterocycles. The number of nitrogens with zero attached hydrogens (tertiary/aromatic N) is 1. The largest absolute Gasteiger partial charge is 0.298 e. The number of hydrogen-bond acceptors (Lipinski definition) is 2. The zero-order valence-electron chi connectivity index (χ0n) is 9.31. The second kappa shape index (κ2) is 6.12. The van der Waals surface area contributed by atoms with Crippen molar-refractivity contribution < 1.29 is 4.79 Å². The van der Waals surface area contributed by atoms with Gasteiger partial charge in [0.2, 0.25) is 0 Å². The summed E-state index contributed by atoms with van der Waals surface area (Å²) in [5, 5.41) is 0. The Labute approximate surface area is 91.0 Å². The molecule has 0 aliphatic carbocycles. The first-order valence-electron chi connectivity index (χ1n) is 5.30. The maximum Gasteiger partial charge on any atom is 0.154 e. The maximum atomic E-state index is 11.3. The van der Waals surface area contributed by atoms with E-state index in [9.17, 15) is 4.79 Å². The fourth-order valence-corrected chi connectivity index (χ4v) is 1.37. The predicted octanol–water partition coefficient (Wildman–Crippen LogP) is 2.67. The van der Waals surface area contributed by atoms with E-state index in [1.165, 1.54) is 0 Å². The van der Waals surface area contributed by atoms with E-state index in [1.807, 2.05) is 43.5 Å². The van der Waals surface area contributed by atoms with Gasteiger partial charge in [0.15, 0.2) is 5.78 Å². The molecule has 2 heteroatoms.